The number of carbonyl (C=O) groups excluding carboxylic acids is 1. The highest BCUT2D eigenvalue weighted by Gasteiger charge is 2.10. The molecule has 25 heavy (non-hydrogen) atoms. The van der Waals surface area contributed by atoms with Crippen LogP contribution in [-0.4, -0.2) is 31.1 Å². The first-order valence-corrected chi connectivity index (χ1v) is 7.94. The van der Waals surface area contributed by atoms with Gasteiger partial charge in [-0.05, 0) is 17.7 Å². The van der Waals surface area contributed by atoms with E-state index in [1.807, 2.05) is 54.6 Å². The van der Waals surface area contributed by atoms with E-state index >= 15 is 0 Å². The van der Waals surface area contributed by atoms with E-state index in [0.717, 1.165) is 27.9 Å². The number of carbonyl (C=O) groups is 1. The Labute approximate surface area is 143 Å². The van der Waals surface area contributed by atoms with Crippen molar-refractivity contribution in [3.8, 4) is 11.3 Å². The first kappa shape index (κ1) is 15.1. The van der Waals surface area contributed by atoms with Crippen LogP contribution in [0.2, 0.25) is 0 Å². The maximum absolute atomic E-state index is 12.2. The summed E-state index contributed by atoms with van der Waals surface area (Å²) in [5.41, 5.74) is 4.42. The van der Waals surface area contributed by atoms with E-state index in [-0.39, 0.29) is 12.5 Å². The quantitative estimate of drug-likeness (QED) is 0.586. The van der Waals surface area contributed by atoms with Crippen molar-refractivity contribution in [2.45, 2.75) is 13.1 Å². The van der Waals surface area contributed by atoms with E-state index < -0.39 is 0 Å². The number of nitrogens with one attached hydrogen (secondary N) is 2. The second-order valence-electron chi connectivity index (χ2n) is 5.63. The lowest BCUT2D eigenvalue weighted by molar-refractivity contribution is -0.122. The molecule has 0 saturated heterocycles. The molecular formula is C18H16N6O. The van der Waals surface area contributed by atoms with Gasteiger partial charge in [0.25, 0.3) is 0 Å². The minimum absolute atomic E-state index is 0.0766. The predicted octanol–water partition coefficient (Wildman–Crippen LogP) is 2.14. The molecule has 124 valence electrons. The van der Waals surface area contributed by atoms with E-state index in [1.165, 1.54) is 4.80 Å². The molecule has 7 nitrogen and oxygen atoms in total. The number of H-pyrrole nitrogens is 1. The molecule has 0 aliphatic heterocycles. The van der Waals surface area contributed by atoms with Gasteiger partial charge in [-0.3, -0.25) is 9.89 Å². The summed E-state index contributed by atoms with van der Waals surface area (Å²) in [6, 6.07) is 17.4. The molecule has 4 rings (SSSR count). The van der Waals surface area contributed by atoms with Crippen molar-refractivity contribution in [3.05, 3.63) is 66.4 Å². The number of hydrogen-bond acceptors (Lipinski definition) is 4. The average molecular weight is 332 g/mol. The second kappa shape index (κ2) is 6.56. The third kappa shape index (κ3) is 3.25. The van der Waals surface area contributed by atoms with E-state index in [1.54, 1.807) is 6.20 Å². The number of hydrogen-bond donors (Lipinski definition) is 2. The van der Waals surface area contributed by atoms with Gasteiger partial charge in [0.2, 0.25) is 5.91 Å². The summed E-state index contributed by atoms with van der Waals surface area (Å²) in [6.07, 6.45) is 1.73. The molecular weight excluding hydrogens is 316 g/mol. The summed E-state index contributed by atoms with van der Waals surface area (Å²) in [5, 5.41) is 18.5. The van der Waals surface area contributed by atoms with Gasteiger partial charge < -0.3 is 5.32 Å². The van der Waals surface area contributed by atoms with Crippen LogP contribution in [0.3, 0.4) is 0 Å². The van der Waals surface area contributed by atoms with E-state index in [2.05, 4.69) is 25.7 Å². The SMILES string of the molecule is O=C(Cn1nc2ccccc2n1)NCc1cn[nH]c1-c1ccccc1. The van der Waals surface area contributed by atoms with Crippen LogP contribution in [0.25, 0.3) is 22.3 Å². The van der Waals surface area contributed by atoms with Gasteiger partial charge in [-0.1, -0.05) is 42.5 Å². The number of aromatic amines is 1. The molecule has 1 amide bonds. The molecule has 2 N–H and O–H groups in total. The average Bonchev–Trinajstić information content (AvgIpc) is 3.26. The van der Waals surface area contributed by atoms with Crippen LogP contribution in [0.1, 0.15) is 5.56 Å². The van der Waals surface area contributed by atoms with Gasteiger partial charge in [-0.15, -0.1) is 0 Å². The molecule has 0 aliphatic carbocycles. The zero-order chi connectivity index (χ0) is 17.1. The number of aromatic nitrogens is 5. The lowest BCUT2D eigenvalue weighted by Gasteiger charge is -2.06. The zero-order valence-electron chi connectivity index (χ0n) is 13.4. The van der Waals surface area contributed by atoms with Crippen molar-refractivity contribution in [2.75, 3.05) is 0 Å². The van der Waals surface area contributed by atoms with Crippen LogP contribution in [0.4, 0.5) is 0 Å². The maximum atomic E-state index is 12.2. The Morgan fingerprint density at radius 2 is 1.68 bits per heavy atom. The number of rotatable bonds is 5. The molecule has 0 bridgehead atoms. The van der Waals surface area contributed by atoms with E-state index in [9.17, 15) is 4.79 Å². The third-order valence-corrected chi connectivity index (χ3v) is 3.87. The molecule has 4 aromatic rings. The third-order valence-electron chi connectivity index (χ3n) is 3.87. The highest BCUT2D eigenvalue weighted by Crippen LogP contribution is 2.20. The number of fused-ring (bicyclic) bond motifs is 1. The Hall–Kier alpha value is -3.48. The Balaban J connectivity index is 1.42. The van der Waals surface area contributed by atoms with Crippen molar-refractivity contribution in [1.82, 2.24) is 30.5 Å². The molecule has 0 aliphatic rings. The predicted molar refractivity (Wildman–Crippen MR) is 93.4 cm³/mol. The molecule has 2 aromatic carbocycles. The Bertz CT molecular complexity index is 972. The zero-order valence-corrected chi connectivity index (χ0v) is 13.4. The topological polar surface area (TPSA) is 88.5 Å². The summed E-state index contributed by atoms with van der Waals surface area (Å²) in [7, 11) is 0. The first-order valence-electron chi connectivity index (χ1n) is 7.94. The summed E-state index contributed by atoms with van der Waals surface area (Å²) in [4.78, 5) is 13.6. The van der Waals surface area contributed by atoms with Crippen molar-refractivity contribution < 1.29 is 4.79 Å². The maximum Gasteiger partial charge on any atom is 0.243 e. The van der Waals surface area contributed by atoms with Crippen LogP contribution in [0, 0.1) is 0 Å². The van der Waals surface area contributed by atoms with E-state index in [0.29, 0.717) is 6.54 Å². The summed E-state index contributed by atoms with van der Waals surface area (Å²) in [6.45, 7) is 0.466. The van der Waals surface area contributed by atoms with Crippen molar-refractivity contribution in [2.24, 2.45) is 0 Å². The molecule has 7 heteroatoms. The van der Waals surface area contributed by atoms with Crippen LogP contribution in [0.5, 0.6) is 0 Å². The normalized spacial score (nSPS) is 10.9. The monoisotopic (exact) mass is 332 g/mol. The van der Waals surface area contributed by atoms with Crippen LogP contribution in [0.15, 0.2) is 60.8 Å². The van der Waals surface area contributed by atoms with Crippen molar-refractivity contribution >= 4 is 16.9 Å². The van der Waals surface area contributed by atoms with E-state index in [4.69, 9.17) is 0 Å². The number of benzene rings is 2. The van der Waals surface area contributed by atoms with Crippen molar-refractivity contribution in [1.29, 1.82) is 0 Å². The Morgan fingerprint density at radius 3 is 2.40 bits per heavy atom. The Kier molecular flexibility index (Phi) is 3.96. The first-order chi connectivity index (χ1) is 12.3. The van der Waals surface area contributed by atoms with Gasteiger partial charge in [-0.2, -0.15) is 20.1 Å². The van der Waals surface area contributed by atoms with Gasteiger partial charge in [0, 0.05) is 12.1 Å². The largest absolute Gasteiger partial charge is 0.350 e. The molecule has 0 atom stereocenters. The fourth-order valence-electron chi connectivity index (χ4n) is 2.65. The molecule has 0 saturated carbocycles. The second-order valence-corrected chi connectivity index (χ2v) is 5.63. The van der Waals surface area contributed by atoms with Gasteiger partial charge in [0.1, 0.15) is 17.6 Å². The number of amides is 1. The fraction of sp³-hybridized carbons (Fsp3) is 0.111. The van der Waals surface area contributed by atoms with Crippen LogP contribution in [-0.2, 0) is 17.9 Å². The van der Waals surface area contributed by atoms with Gasteiger partial charge in [-0.25, -0.2) is 0 Å². The van der Waals surface area contributed by atoms with Gasteiger partial charge >= 0.3 is 0 Å². The molecule has 0 spiro atoms. The summed E-state index contributed by atoms with van der Waals surface area (Å²) in [5.74, 6) is -0.152. The number of nitrogens with zero attached hydrogens (tertiary/aromatic N) is 4. The molecule has 0 unspecified atom stereocenters. The smallest absolute Gasteiger partial charge is 0.243 e. The highest BCUT2D eigenvalue weighted by molar-refractivity contribution is 5.77. The summed E-state index contributed by atoms with van der Waals surface area (Å²) >= 11 is 0. The summed E-state index contributed by atoms with van der Waals surface area (Å²) < 4.78 is 0. The lowest BCUT2D eigenvalue weighted by Crippen LogP contribution is -2.28. The van der Waals surface area contributed by atoms with Gasteiger partial charge in [0.15, 0.2) is 0 Å². The molecule has 0 fully saturated rings. The van der Waals surface area contributed by atoms with Gasteiger partial charge in [0.05, 0.1) is 11.9 Å². The molecule has 2 aromatic heterocycles. The van der Waals surface area contributed by atoms with Crippen LogP contribution < -0.4 is 5.32 Å². The minimum atomic E-state index is -0.152. The Morgan fingerprint density at radius 1 is 1.00 bits per heavy atom. The standard InChI is InChI=1S/C18H16N6O/c25-17(12-24-22-15-8-4-5-9-16(15)23-24)19-10-14-11-20-21-18(14)13-6-2-1-3-7-13/h1-9,11H,10,12H2,(H,19,25)(H,20,21). The van der Waals surface area contributed by atoms with Crippen LogP contribution >= 0.6 is 0 Å². The lowest BCUT2D eigenvalue weighted by atomic mass is 10.1. The fourth-order valence-corrected chi connectivity index (χ4v) is 2.65. The van der Waals surface area contributed by atoms with Crippen molar-refractivity contribution in [3.63, 3.8) is 0 Å². The molecule has 0 radical (unpaired) electrons. The minimum Gasteiger partial charge on any atom is -0.350 e. The molecule has 2 heterocycles. The highest BCUT2D eigenvalue weighted by atomic mass is 16.2.